The molecule has 0 unspecified atom stereocenters. The van der Waals surface area contributed by atoms with Crippen LogP contribution >= 0.6 is 0 Å². The third kappa shape index (κ3) is 4.07. The molecule has 1 fully saturated rings. The maximum absolute atomic E-state index is 14.1. The average Bonchev–Trinajstić information content (AvgIpc) is 3.45. The van der Waals surface area contributed by atoms with Crippen molar-refractivity contribution in [1.82, 2.24) is 18.7 Å². The van der Waals surface area contributed by atoms with Crippen LogP contribution in [-0.4, -0.2) is 58.4 Å². The minimum atomic E-state index is -3.90. The van der Waals surface area contributed by atoms with Gasteiger partial charge in [0.05, 0.1) is 29.3 Å². The summed E-state index contributed by atoms with van der Waals surface area (Å²) in [7, 11) is -3.90. The standard InChI is InChI=1S/C24H25FN4O3S/c25-19-6-7-22-23(17-29(24(22)14-19)33(31,32)21-4-2-1-3-5-21)18-15-26-28(16-18)20-8-10-27(11-9-20)12-13-30/h1-7,14-17,20,30H,8-13H2. The number of halogens is 1. The van der Waals surface area contributed by atoms with Crippen molar-refractivity contribution in [2.45, 2.75) is 23.8 Å². The third-order valence-corrected chi connectivity index (χ3v) is 7.98. The first kappa shape index (κ1) is 21.8. The maximum Gasteiger partial charge on any atom is 0.268 e. The van der Waals surface area contributed by atoms with Gasteiger partial charge in [-0.1, -0.05) is 18.2 Å². The molecule has 1 aliphatic heterocycles. The minimum absolute atomic E-state index is 0.142. The van der Waals surface area contributed by atoms with Crippen molar-refractivity contribution >= 4 is 20.9 Å². The lowest BCUT2D eigenvalue weighted by Gasteiger charge is -2.31. The van der Waals surface area contributed by atoms with Crippen LogP contribution in [0, 0.1) is 5.82 Å². The van der Waals surface area contributed by atoms with E-state index in [1.807, 2.05) is 10.9 Å². The van der Waals surface area contributed by atoms with E-state index in [1.54, 1.807) is 36.7 Å². The normalized spacial score (nSPS) is 15.9. The summed E-state index contributed by atoms with van der Waals surface area (Å²) >= 11 is 0. The van der Waals surface area contributed by atoms with Crippen molar-refractivity contribution in [1.29, 1.82) is 0 Å². The molecule has 2 aromatic carbocycles. The lowest BCUT2D eigenvalue weighted by molar-refractivity contribution is 0.146. The van der Waals surface area contributed by atoms with Crippen LogP contribution in [0.2, 0.25) is 0 Å². The Morgan fingerprint density at radius 1 is 1.06 bits per heavy atom. The molecule has 0 saturated carbocycles. The topological polar surface area (TPSA) is 80.4 Å². The van der Waals surface area contributed by atoms with Crippen LogP contribution in [0.5, 0.6) is 0 Å². The van der Waals surface area contributed by atoms with E-state index in [9.17, 15) is 12.8 Å². The highest BCUT2D eigenvalue weighted by Crippen LogP contribution is 2.34. The monoisotopic (exact) mass is 468 g/mol. The van der Waals surface area contributed by atoms with Gasteiger partial charge in [0.2, 0.25) is 0 Å². The summed E-state index contributed by atoms with van der Waals surface area (Å²) in [5, 5.41) is 14.3. The zero-order valence-electron chi connectivity index (χ0n) is 18.0. The molecule has 0 aliphatic carbocycles. The maximum atomic E-state index is 14.1. The summed E-state index contributed by atoms with van der Waals surface area (Å²) in [4.78, 5) is 2.38. The first-order valence-electron chi connectivity index (χ1n) is 11.0. The Morgan fingerprint density at radius 2 is 1.82 bits per heavy atom. The molecule has 0 atom stereocenters. The van der Waals surface area contributed by atoms with Crippen molar-refractivity contribution in [2.75, 3.05) is 26.2 Å². The Kier molecular flexibility index (Phi) is 5.77. The number of nitrogens with zero attached hydrogens (tertiary/aromatic N) is 4. The van der Waals surface area contributed by atoms with Gasteiger partial charge in [0.15, 0.2) is 0 Å². The number of piperidine rings is 1. The number of β-amino-alcohol motifs (C(OH)–C–C–N with tert-alkyl or cyclic N) is 1. The fourth-order valence-corrected chi connectivity index (χ4v) is 5.91. The Labute approximate surface area is 191 Å². The van der Waals surface area contributed by atoms with Gasteiger partial charge in [-0.3, -0.25) is 4.68 Å². The SMILES string of the molecule is O=S(=O)(c1ccccc1)n1cc(-c2cnn(C3CCN(CCO)CC3)c2)c2ccc(F)cc21. The molecular weight excluding hydrogens is 443 g/mol. The minimum Gasteiger partial charge on any atom is -0.395 e. The zero-order chi connectivity index (χ0) is 23.0. The van der Waals surface area contributed by atoms with Crippen molar-refractivity contribution in [3.63, 3.8) is 0 Å². The molecule has 172 valence electrons. The van der Waals surface area contributed by atoms with E-state index in [0.29, 0.717) is 23.0 Å². The molecule has 5 rings (SSSR count). The highest BCUT2D eigenvalue weighted by atomic mass is 32.2. The second-order valence-electron chi connectivity index (χ2n) is 8.32. The van der Waals surface area contributed by atoms with Crippen LogP contribution in [0.3, 0.4) is 0 Å². The van der Waals surface area contributed by atoms with Crippen LogP contribution in [0.4, 0.5) is 4.39 Å². The van der Waals surface area contributed by atoms with E-state index >= 15 is 0 Å². The van der Waals surface area contributed by atoms with Crippen molar-refractivity contribution in [3.8, 4) is 11.1 Å². The van der Waals surface area contributed by atoms with Crippen molar-refractivity contribution in [2.24, 2.45) is 0 Å². The smallest absolute Gasteiger partial charge is 0.268 e. The van der Waals surface area contributed by atoms with Gasteiger partial charge in [0, 0.05) is 48.5 Å². The fraction of sp³-hybridized carbons (Fsp3) is 0.292. The lowest BCUT2D eigenvalue weighted by atomic mass is 10.1. The van der Waals surface area contributed by atoms with Crippen molar-refractivity contribution < 1.29 is 17.9 Å². The number of hydrogen-bond donors (Lipinski definition) is 1. The molecular formula is C24H25FN4O3S. The van der Waals surface area contributed by atoms with E-state index in [0.717, 1.165) is 35.5 Å². The first-order valence-corrected chi connectivity index (χ1v) is 12.4. The molecule has 33 heavy (non-hydrogen) atoms. The summed E-state index contributed by atoms with van der Waals surface area (Å²) < 4.78 is 43.9. The Morgan fingerprint density at radius 3 is 2.55 bits per heavy atom. The lowest BCUT2D eigenvalue weighted by Crippen LogP contribution is -2.36. The Hall–Kier alpha value is -3.01. The number of benzene rings is 2. The molecule has 0 amide bonds. The summed E-state index contributed by atoms with van der Waals surface area (Å²) in [5.74, 6) is -0.498. The zero-order valence-corrected chi connectivity index (χ0v) is 18.8. The van der Waals surface area contributed by atoms with Crippen molar-refractivity contribution in [3.05, 3.63) is 72.9 Å². The average molecular weight is 469 g/mol. The molecule has 1 N–H and O–H groups in total. The van der Waals surface area contributed by atoms with E-state index in [1.165, 1.54) is 24.3 Å². The Bertz CT molecular complexity index is 1370. The first-order chi connectivity index (χ1) is 16.0. The van der Waals surface area contributed by atoms with Gasteiger partial charge in [0.25, 0.3) is 10.0 Å². The van der Waals surface area contributed by atoms with Gasteiger partial charge >= 0.3 is 0 Å². The largest absolute Gasteiger partial charge is 0.395 e. The number of rotatable bonds is 6. The summed E-state index contributed by atoms with van der Waals surface area (Å²) in [6.07, 6.45) is 7.08. The van der Waals surface area contributed by atoms with E-state index < -0.39 is 15.8 Å². The predicted molar refractivity (Wildman–Crippen MR) is 124 cm³/mol. The highest BCUT2D eigenvalue weighted by Gasteiger charge is 2.24. The number of aliphatic hydroxyl groups excluding tert-OH is 1. The van der Waals surface area contributed by atoms with Crippen LogP contribution in [0.1, 0.15) is 18.9 Å². The number of hydrogen-bond acceptors (Lipinski definition) is 5. The molecule has 0 bridgehead atoms. The van der Waals surface area contributed by atoms with Gasteiger partial charge in [-0.05, 0) is 43.2 Å². The molecule has 1 aliphatic rings. The molecule has 4 aromatic rings. The van der Waals surface area contributed by atoms with Crippen LogP contribution < -0.4 is 0 Å². The quantitative estimate of drug-likeness (QED) is 0.469. The summed E-state index contributed by atoms with van der Waals surface area (Å²) in [6.45, 7) is 2.64. The second kappa shape index (κ2) is 8.74. The molecule has 9 heteroatoms. The summed E-state index contributed by atoms with van der Waals surface area (Å²) in [5.41, 5.74) is 1.76. The highest BCUT2D eigenvalue weighted by molar-refractivity contribution is 7.90. The number of aliphatic hydroxyl groups is 1. The molecule has 7 nitrogen and oxygen atoms in total. The predicted octanol–water partition coefficient (Wildman–Crippen LogP) is 3.51. The van der Waals surface area contributed by atoms with E-state index in [2.05, 4.69) is 10.00 Å². The van der Waals surface area contributed by atoms with Gasteiger partial charge < -0.3 is 10.0 Å². The number of aromatic nitrogens is 3. The Balaban J connectivity index is 1.53. The molecule has 3 heterocycles. The van der Waals surface area contributed by atoms with E-state index in [4.69, 9.17) is 5.11 Å². The van der Waals surface area contributed by atoms with Crippen LogP contribution in [0.15, 0.2) is 72.0 Å². The van der Waals surface area contributed by atoms with Gasteiger partial charge in [-0.2, -0.15) is 5.10 Å². The molecule has 0 spiro atoms. The number of likely N-dealkylation sites (tertiary alicyclic amines) is 1. The van der Waals surface area contributed by atoms with E-state index in [-0.39, 0.29) is 17.5 Å². The van der Waals surface area contributed by atoms with Crippen LogP contribution in [-0.2, 0) is 10.0 Å². The van der Waals surface area contributed by atoms with Gasteiger partial charge in [-0.15, -0.1) is 0 Å². The molecule has 0 radical (unpaired) electrons. The fourth-order valence-electron chi connectivity index (χ4n) is 4.53. The summed E-state index contributed by atoms with van der Waals surface area (Å²) in [6, 6.07) is 12.6. The molecule has 2 aromatic heterocycles. The van der Waals surface area contributed by atoms with Crippen LogP contribution in [0.25, 0.3) is 22.0 Å². The second-order valence-corrected chi connectivity index (χ2v) is 10.1. The number of fused-ring (bicyclic) bond motifs is 1. The third-order valence-electron chi connectivity index (χ3n) is 6.29. The molecule has 1 saturated heterocycles. The van der Waals surface area contributed by atoms with Gasteiger partial charge in [0.1, 0.15) is 5.82 Å². The van der Waals surface area contributed by atoms with Gasteiger partial charge in [-0.25, -0.2) is 16.8 Å².